The molecule has 2 aromatic heterocycles. The zero-order valence-corrected chi connectivity index (χ0v) is 9.93. The number of nitrogens with one attached hydrogen (secondary N) is 1. The van der Waals surface area contributed by atoms with Crippen LogP contribution in [0.3, 0.4) is 0 Å². The van der Waals surface area contributed by atoms with E-state index in [2.05, 4.69) is 28.3 Å². The van der Waals surface area contributed by atoms with Crippen molar-refractivity contribution in [1.82, 2.24) is 19.9 Å². The Bertz CT molecular complexity index is 500. The Morgan fingerprint density at radius 3 is 3.00 bits per heavy atom. The van der Waals surface area contributed by atoms with E-state index in [-0.39, 0.29) is 0 Å². The third-order valence-electron chi connectivity index (χ3n) is 3.03. The van der Waals surface area contributed by atoms with Crippen molar-refractivity contribution < 1.29 is 0 Å². The van der Waals surface area contributed by atoms with E-state index in [1.807, 2.05) is 17.0 Å². The molecule has 0 atom stereocenters. The fourth-order valence-electron chi connectivity index (χ4n) is 1.93. The highest BCUT2D eigenvalue weighted by Crippen LogP contribution is 2.19. The third kappa shape index (κ3) is 2.36. The van der Waals surface area contributed by atoms with E-state index >= 15 is 0 Å². The maximum absolute atomic E-state index is 4.50. The van der Waals surface area contributed by atoms with Crippen molar-refractivity contribution >= 4 is 0 Å². The van der Waals surface area contributed by atoms with Gasteiger partial charge < -0.3 is 5.32 Å². The topological polar surface area (TPSA) is 42.7 Å². The van der Waals surface area contributed by atoms with Gasteiger partial charge in [0.25, 0.3) is 0 Å². The number of hydrogen-bond acceptors (Lipinski definition) is 3. The molecule has 17 heavy (non-hydrogen) atoms. The lowest BCUT2D eigenvalue weighted by Crippen LogP contribution is -2.15. The molecule has 0 aliphatic heterocycles. The van der Waals surface area contributed by atoms with Crippen LogP contribution < -0.4 is 5.32 Å². The smallest absolute Gasteiger partial charge is 0.140 e. The van der Waals surface area contributed by atoms with Crippen LogP contribution in [-0.2, 0) is 6.54 Å². The Kier molecular flexibility index (Phi) is 2.65. The highest BCUT2D eigenvalue weighted by molar-refractivity contribution is 5.35. The summed E-state index contributed by atoms with van der Waals surface area (Å²) in [6.45, 7) is 3.01. The van der Waals surface area contributed by atoms with Crippen LogP contribution in [0.5, 0.6) is 0 Å². The maximum Gasteiger partial charge on any atom is 0.140 e. The minimum absolute atomic E-state index is 0.739. The van der Waals surface area contributed by atoms with E-state index in [1.165, 1.54) is 24.0 Å². The summed E-state index contributed by atoms with van der Waals surface area (Å²) < 4.78 is 1.94. The van der Waals surface area contributed by atoms with E-state index in [0.717, 1.165) is 18.4 Å². The lowest BCUT2D eigenvalue weighted by Gasteiger charge is -2.08. The highest BCUT2D eigenvalue weighted by Gasteiger charge is 2.20. The molecule has 0 bridgehead atoms. The first-order chi connectivity index (χ1) is 8.33. The Morgan fingerprint density at radius 2 is 2.35 bits per heavy atom. The number of pyridine rings is 1. The molecule has 1 N–H and O–H groups in total. The molecule has 1 saturated carbocycles. The molecule has 1 aliphatic rings. The SMILES string of the molecule is Cc1cc(CNC2CC2)cnc1-n1ccnc1. The summed E-state index contributed by atoms with van der Waals surface area (Å²) in [6, 6.07) is 2.93. The molecule has 1 aliphatic carbocycles. The van der Waals surface area contributed by atoms with Crippen LogP contribution in [0.25, 0.3) is 5.82 Å². The van der Waals surface area contributed by atoms with E-state index in [1.54, 1.807) is 12.5 Å². The molecule has 0 spiro atoms. The van der Waals surface area contributed by atoms with Gasteiger partial charge in [0.2, 0.25) is 0 Å². The van der Waals surface area contributed by atoms with Gasteiger partial charge in [-0.2, -0.15) is 0 Å². The molecule has 0 amide bonds. The molecule has 1 fully saturated rings. The molecule has 4 heteroatoms. The van der Waals surface area contributed by atoms with Gasteiger partial charge in [-0.15, -0.1) is 0 Å². The largest absolute Gasteiger partial charge is 0.310 e. The summed E-state index contributed by atoms with van der Waals surface area (Å²) in [5.41, 5.74) is 2.43. The van der Waals surface area contributed by atoms with Gasteiger partial charge in [-0.3, -0.25) is 4.57 Å². The lowest BCUT2D eigenvalue weighted by atomic mass is 10.2. The lowest BCUT2D eigenvalue weighted by molar-refractivity contribution is 0.685. The fraction of sp³-hybridized carbons (Fsp3) is 0.385. The van der Waals surface area contributed by atoms with Gasteiger partial charge in [0.15, 0.2) is 0 Å². The molecule has 3 rings (SSSR count). The predicted molar refractivity (Wildman–Crippen MR) is 66.0 cm³/mol. The van der Waals surface area contributed by atoms with Crippen LogP contribution in [0, 0.1) is 6.92 Å². The van der Waals surface area contributed by atoms with Gasteiger partial charge in [-0.1, -0.05) is 0 Å². The van der Waals surface area contributed by atoms with Crippen molar-refractivity contribution in [3.05, 3.63) is 42.1 Å². The van der Waals surface area contributed by atoms with Gasteiger partial charge in [0.1, 0.15) is 12.1 Å². The summed E-state index contributed by atoms with van der Waals surface area (Å²) in [5.74, 6) is 0.956. The summed E-state index contributed by atoms with van der Waals surface area (Å²) in [5, 5.41) is 3.50. The first-order valence-electron chi connectivity index (χ1n) is 6.00. The zero-order valence-electron chi connectivity index (χ0n) is 9.93. The van der Waals surface area contributed by atoms with Crippen LogP contribution in [0.1, 0.15) is 24.0 Å². The van der Waals surface area contributed by atoms with Crippen molar-refractivity contribution in [2.75, 3.05) is 0 Å². The first-order valence-corrected chi connectivity index (χ1v) is 6.00. The Hall–Kier alpha value is -1.68. The third-order valence-corrected chi connectivity index (χ3v) is 3.03. The van der Waals surface area contributed by atoms with E-state index in [4.69, 9.17) is 0 Å². The Labute approximate surface area is 101 Å². The van der Waals surface area contributed by atoms with E-state index in [0.29, 0.717) is 0 Å². The molecule has 88 valence electrons. The maximum atomic E-state index is 4.50. The molecule has 0 aromatic carbocycles. The fourth-order valence-corrected chi connectivity index (χ4v) is 1.93. The summed E-state index contributed by atoms with van der Waals surface area (Å²) in [6.07, 6.45) is 10.0. The first kappa shape index (κ1) is 10.5. The average Bonchev–Trinajstić information content (AvgIpc) is 3.01. The number of hydrogen-bond donors (Lipinski definition) is 1. The molecule has 4 nitrogen and oxygen atoms in total. The van der Waals surface area contributed by atoms with Gasteiger partial charge in [0, 0.05) is 31.2 Å². The molecule has 2 heterocycles. The number of nitrogens with zero attached hydrogens (tertiary/aromatic N) is 3. The number of rotatable bonds is 4. The monoisotopic (exact) mass is 228 g/mol. The Balaban J connectivity index is 1.78. The zero-order chi connectivity index (χ0) is 11.7. The normalized spacial score (nSPS) is 15.1. The van der Waals surface area contributed by atoms with Crippen LogP contribution in [0.2, 0.25) is 0 Å². The second-order valence-corrected chi connectivity index (χ2v) is 4.61. The quantitative estimate of drug-likeness (QED) is 0.868. The van der Waals surface area contributed by atoms with Gasteiger partial charge in [-0.25, -0.2) is 9.97 Å². The molecule has 0 radical (unpaired) electrons. The van der Waals surface area contributed by atoms with Crippen molar-refractivity contribution in [2.45, 2.75) is 32.4 Å². The molecule has 2 aromatic rings. The average molecular weight is 228 g/mol. The molecule has 0 saturated heterocycles. The summed E-state index contributed by atoms with van der Waals surface area (Å²) in [7, 11) is 0. The number of imidazole rings is 1. The van der Waals surface area contributed by atoms with Crippen molar-refractivity contribution in [3.8, 4) is 5.82 Å². The molecule has 0 unspecified atom stereocenters. The van der Waals surface area contributed by atoms with E-state index < -0.39 is 0 Å². The van der Waals surface area contributed by atoms with Crippen molar-refractivity contribution in [1.29, 1.82) is 0 Å². The van der Waals surface area contributed by atoms with Crippen LogP contribution in [-0.4, -0.2) is 20.6 Å². The summed E-state index contributed by atoms with van der Waals surface area (Å²) >= 11 is 0. The van der Waals surface area contributed by atoms with Gasteiger partial charge >= 0.3 is 0 Å². The second-order valence-electron chi connectivity index (χ2n) is 4.61. The van der Waals surface area contributed by atoms with E-state index in [9.17, 15) is 0 Å². The van der Waals surface area contributed by atoms with Crippen LogP contribution in [0.4, 0.5) is 0 Å². The van der Waals surface area contributed by atoms with Gasteiger partial charge in [-0.05, 0) is 37.0 Å². The predicted octanol–water partition coefficient (Wildman–Crippen LogP) is 1.83. The highest BCUT2D eigenvalue weighted by atomic mass is 15.1. The van der Waals surface area contributed by atoms with Crippen molar-refractivity contribution in [3.63, 3.8) is 0 Å². The van der Waals surface area contributed by atoms with Gasteiger partial charge in [0.05, 0.1) is 0 Å². The number of aromatic nitrogens is 3. The van der Waals surface area contributed by atoms with Crippen LogP contribution >= 0.6 is 0 Å². The minimum Gasteiger partial charge on any atom is -0.310 e. The standard InChI is InChI=1S/C13H16N4/c1-10-6-11(7-15-12-2-3-12)8-16-13(10)17-5-4-14-9-17/h4-6,8-9,12,15H,2-3,7H2,1H3. The van der Waals surface area contributed by atoms with Crippen molar-refractivity contribution in [2.24, 2.45) is 0 Å². The Morgan fingerprint density at radius 1 is 1.47 bits per heavy atom. The second kappa shape index (κ2) is 4.30. The van der Waals surface area contributed by atoms with Crippen LogP contribution in [0.15, 0.2) is 31.0 Å². The minimum atomic E-state index is 0.739. The molecular weight excluding hydrogens is 212 g/mol. The summed E-state index contributed by atoms with van der Waals surface area (Å²) in [4.78, 5) is 8.54. The molecular formula is C13H16N4. The number of aryl methyl sites for hydroxylation is 1.